The predicted octanol–water partition coefficient (Wildman–Crippen LogP) is 4.81. The van der Waals surface area contributed by atoms with Crippen molar-refractivity contribution in [3.8, 4) is 17.2 Å². The maximum absolute atomic E-state index is 13.2. The highest BCUT2D eigenvalue weighted by Crippen LogP contribution is 2.46. The molecule has 0 spiro atoms. The molecule has 2 aliphatic rings. The lowest BCUT2D eigenvalue weighted by atomic mass is 10.0. The molecule has 22 heteroatoms. The van der Waals surface area contributed by atoms with Gasteiger partial charge in [-0.05, 0) is 42.3 Å². The Morgan fingerprint density at radius 1 is 1.12 bits per heavy atom. The maximum Gasteiger partial charge on any atom is 0.472 e. The Balaban J connectivity index is 1.18. The zero-order valence-corrected chi connectivity index (χ0v) is 34.9. The molecule has 6 rings (SSSR count). The Bertz CT molecular complexity index is 2480. The molecule has 4 aromatic rings. The molecule has 3 heterocycles. The first kappa shape index (κ1) is 44.6. The first-order chi connectivity index (χ1) is 28.4. The molecule has 322 valence electrons. The second-order valence-corrected chi connectivity index (χ2v) is 16.2. The van der Waals surface area contributed by atoms with E-state index < -0.39 is 80.1 Å². The maximum atomic E-state index is 13.2. The molecular formula is C38H41Cl2N4O15P. The summed E-state index contributed by atoms with van der Waals surface area (Å²) >= 11 is 12.6. The van der Waals surface area contributed by atoms with Crippen LogP contribution in [-0.4, -0.2) is 87.7 Å². The Labute approximate surface area is 351 Å². The van der Waals surface area contributed by atoms with Crippen molar-refractivity contribution in [2.45, 2.75) is 71.0 Å². The van der Waals surface area contributed by atoms with Crippen LogP contribution in [0, 0.1) is 12.8 Å². The van der Waals surface area contributed by atoms with Crippen molar-refractivity contribution in [2.75, 3.05) is 20.3 Å². The summed E-state index contributed by atoms with van der Waals surface area (Å²) in [5, 5.41) is 28.8. The lowest BCUT2D eigenvalue weighted by Crippen LogP contribution is -2.36. The number of carbonyl (C=O) groups is 2. The van der Waals surface area contributed by atoms with Gasteiger partial charge in [-0.25, -0.2) is 9.36 Å². The van der Waals surface area contributed by atoms with Gasteiger partial charge in [0, 0.05) is 43.5 Å². The molecule has 1 amide bonds. The molecular weight excluding hydrogens is 854 g/mol. The number of nitrogens with one attached hydrogen (secondary N) is 2. The molecule has 2 fully saturated rings. The normalized spacial score (nSPS) is 22.5. The third-order valence-electron chi connectivity index (χ3n) is 9.90. The number of aryl methyl sites for hydroxylation is 1. The minimum atomic E-state index is -4.76. The summed E-state index contributed by atoms with van der Waals surface area (Å²) in [5.74, 6) is -2.32. The molecule has 1 aromatic heterocycles. The first-order valence-corrected chi connectivity index (χ1v) is 20.6. The molecule has 2 aliphatic heterocycles. The van der Waals surface area contributed by atoms with E-state index in [2.05, 4.69) is 15.5 Å². The lowest BCUT2D eigenvalue weighted by Gasteiger charge is -2.20. The third kappa shape index (κ3) is 10.3. The SMILES string of the molecule is COc1cc(Cl)c(/C=N/OC2C[C@H](n3cc(CNC(=O)c4cc5cccc(C)c5cc4O)c(=O)[nH]c3=O)O[C@@H]2COP(=O)(O)OCC2CC(OC(C)=O)OC2C)c(Cl)c1O. The van der Waals surface area contributed by atoms with Gasteiger partial charge < -0.3 is 44.2 Å². The topological polar surface area (TPSA) is 256 Å². The number of amides is 1. The summed E-state index contributed by atoms with van der Waals surface area (Å²) in [5.41, 5.74) is -0.829. The molecule has 0 saturated carbocycles. The lowest BCUT2D eigenvalue weighted by molar-refractivity contribution is -0.171. The number of phosphoric acid groups is 1. The van der Waals surface area contributed by atoms with Gasteiger partial charge >= 0.3 is 19.5 Å². The Hall–Kier alpha value is -4.98. The first-order valence-electron chi connectivity index (χ1n) is 18.3. The van der Waals surface area contributed by atoms with E-state index in [0.29, 0.717) is 5.39 Å². The van der Waals surface area contributed by atoms with Crippen LogP contribution in [0.1, 0.15) is 60.0 Å². The number of fused-ring (bicyclic) bond motifs is 1. The number of phosphoric ester groups is 1. The van der Waals surface area contributed by atoms with Crippen molar-refractivity contribution in [3.63, 3.8) is 0 Å². The van der Waals surface area contributed by atoms with E-state index in [1.165, 1.54) is 38.4 Å². The highest BCUT2D eigenvalue weighted by atomic mass is 35.5. The fourth-order valence-electron chi connectivity index (χ4n) is 6.66. The van der Waals surface area contributed by atoms with Crippen molar-refractivity contribution in [1.82, 2.24) is 14.9 Å². The molecule has 0 radical (unpaired) electrons. The largest absolute Gasteiger partial charge is 0.507 e. The van der Waals surface area contributed by atoms with Crippen LogP contribution in [0.4, 0.5) is 0 Å². The zero-order chi connectivity index (χ0) is 43.5. The smallest absolute Gasteiger partial charge is 0.472 e. The minimum Gasteiger partial charge on any atom is -0.507 e. The van der Waals surface area contributed by atoms with Crippen LogP contribution >= 0.6 is 31.0 Å². The van der Waals surface area contributed by atoms with Gasteiger partial charge in [-0.2, -0.15) is 0 Å². The molecule has 60 heavy (non-hydrogen) atoms. The van der Waals surface area contributed by atoms with Gasteiger partial charge in [0.1, 0.15) is 18.1 Å². The average molecular weight is 896 g/mol. The van der Waals surface area contributed by atoms with Gasteiger partial charge in [-0.15, -0.1) is 0 Å². The van der Waals surface area contributed by atoms with Crippen LogP contribution in [0.2, 0.25) is 10.0 Å². The van der Waals surface area contributed by atoms with E-state index in [4.69, 9.17) is 56.0 Å². The van der Waals surface area contributed by atoms with E-state index in [9.17, 15) is 38.8 Å². The zero-order valence-electron chi connectivity index (χ0n) is 32.5. The van der Waals surface area contributed by atoms with E-state index in [1.54, 1.807) is 13.0 Å². The van der Waals surface area contributed by atoms with Crippen LogP contribution in [-0.2, 0) is 44.0 Å². The van der Waals surface area contributed by atoms with Gasteiger partial charge in [0.15, 0.2) is 17.6 Å². The average Bonchev–Trinajstić information content (AvgIpc) is 3.76. The highest BCUT2D eigenvalue weighted by Gasteiger charge is 2.42. The number of phenolic OH excluding ortho intramolecular Hbond substituents is 2. The fraction of sp³-hybridized carbons (Fsp3) is 0.395. The van der Waals surface area contributed by atoms with E-state index in [-0.39, 0.29) is 64.2 Å². The summed E-state index contributed by atoms with van der Waals surface area (Å²) < 4.78 is 46.3. The number of aromatic nitrogens is 2. The fourth-order valence-corrected chi connectivity index (χ4v) is 7.99. The number of halogens is 2. The van der Waals surface area contributed by atoms with Crippen molar-refractivity contribution >= 4 is 59.9 Å². The molecule has 5 N–H and O–H groups in total. The number of methoxy groups -OCH3 is 1. The van der Waals surface area contributed by atoms with Gasteiger partial charge in [0.25, 0.3) is 11.5 Å². The number of oxime groups is 1. The van der Waals surface area contributed by atoms with Crippen LogP contribution in [0.5, 0.6) is 17.2 Å². The second-order valence-electron chi connectivity index (χ2n) is 14.0. The Morgan fingerprint density at radius 2 is 1.87 bits per heavy atom. The predicted molar refractivity (Wildman–Crippen MR) is 214 cm³/mol. The minimum absolute atomic E-state index is 0.00859. The van der Waals surface area contributed by atoms with Crippen LogP contribution < -0.4 is 21.3 Å². The number of hydrogen-bond acceptors (Lipinski definition) is 15. The van der Waals surface area contributed by atoms with Crippen molar-refractivity contribution in [2.24, 2.45) is 11.1 Å². The van der Waals surface area contributed by atoms with Gasteiger partial charge in [-0.3, -0.25) is 33.0 Å². The molecule has 7 atom stereocenters. The van der Waals surface area contributed by atoms with Gasteiger partial charge in [0.2, 0.25) is 6.29 Å². The number of benzene rings is 3. The van der Waals surface area contributed by atoms with Crippen molar-refractivity contribution in [1.29, 1.82) is 0 Å². The Morgan fingerprint density at radius 3 is 2.60 bits per heavy atom. The summed E-state index contributed by atoms with van der Waals surface area (Å²) in [4.78, 5) is 69.0. The van der Waals surface area contributed by atoms with Crippen molar-refractivity contribution in [3.05, 3.63) is 95.7 Å². The number of phenols is 2. The number of ether oxygens (including phenoxy) is 4. The molecule has 0 aliphatic carbocycles. The molecule has 2 saturated heterocycles. The number of aromatic amines is 1. The van der Waals surface area contributed by atoms with Gasteiger partial charge in [-0.1, -0.05) is 46.6 Å². The van der Waals surface area contributed by atoms with E-state index in [1.807, 2.05) is 19.1 Å². The third-order valence-corrected chi connectivity index (χ3v) is 11.5. The summed E-state index contributed by atoms with van der Waals surface area (Å²) in [7, 11) is -3.45. The molecule has 5 unspecified atom stereocenters. The number of rotatable bonds is 15. The molecule has 0 bridgehead atoms. The summed E-state index contributed by atoms with van der Waals surface area (Å²) in [6.07, 6.45) is -2.44. The number of nitrogens with zero attached hydrogens (tertiary/aromatic N) is 2. The second kappa shape index (κ2) is 18.7. The summed E-state index contributed by atoms with van der Waals surface area (Å²) in [6, 6.07) is 9.78. The van der Waals surface area contributed by atoms with Crippen LogP contribution in [0.15, 0.2) is 57.3 Å². The number of esters is 1. The quantitative estimate of drug-likeness (QED) is 0.0465. The van der Waals surface area contributed by atoms with E-state index >= 15 is 0 Å². The molecule has 19 nitrogen and oxygen atoms in total. The Kier molecular flexibility index (Phi) is 13.9. The highest BCUT2D eigenvalue weighted by molar-refractivity contribution is 7.47. The van der Waals surface area contributed by atoms with E-state index in [0.717, 1.165) is 21.7 Å². The monoisotopic (exact) mass is 894 g/mol. The number of hydrogen-bond donors (Lipinski definition) is 5. The van der Waals surface area contributed by atoms with Crippen LogP contribution in [0.25, 0.3) is 10.8 Å². The number of carbonyl (C=O) groups excluding carboxylic acids is 2. The number of aromatic hydroxyl groups is 2. The van der Waals surface area contributed by atoms with Crippen molar-refractivity contribution < 1.29 is 62.1 Å². The molecule has 3 aromatic carbocycles. The summed E-state index contributed by atoms with van der Waals surface area (Å²) in [6.45, 7) is 3.51. The van der Waals surface area contributed by atoms with Crippen LogP contribution in [0.3, 0.4) is 0 Å². The number of H-pyrrole nitrogens is 1. The standard InChI is InChI=1S/C38H41Cl2N4O15P/c1-18-6-5-7-21-8-25(28(46)10-24(18)21)37(49)41-13-23-15-44(38(50)43-36(23)48)32-12-29(59-42-14-26-27(39)11-30(53-4)35(47)34(26)40)31(58-32)17-55-60(51,52)54-16-22-9-33(56-19(22)2)57-20(3)45/h5-8,10-11,14-15,19,22,29,31-33,46-47H,9,12-13,16-17H2,1-4H3,(H,41,49)(H,51,52)(H,43,48,50)/b42-14+/t19?,22?,29?,31-,32-,33?/m1/s1. The van der Waals surface area contributed by atoms with Gasteiger partial charge in [0.05, 0.1) is 60.4 Å².